The van der Waals surface area contributed by atoms with Gasteiger partial charge in [0.1, 0.15) is 5.92 Å². The van der Waals surface area contributed by atoms with Gasteiger partial charge in [-0.05, 0) is 42.8 Å². The number of carbonyl (C=O) groups excluding carboxylic acids is 2. The lowest BCUT2D eigenvalue weighted by Gasteiger charge is -2.16. The summed E-state index contributed by atoms with van der Waals surface area (Å²) in [6.07, 6.45) is 4.89. The number of benzene rings is 2. The first-order valence-corrected chi connectivity index (χ1v) is 11.9. The van der Waals surface area contributed by atoms with E-state index in [1.807, 2.05) is 24.3 Å². The number of amides is 1. The second-order valence-corrected chi connectivity index (χ2v) is 10.2. The summed E-state index contributed by atoms with van der Waals surface area (Å²) in [5, 5.41) is 5.43. The van der Waals surface area contributed by atoms with E-state index in [1.165, 1.54) is 38.4 Å². The van der Waals surface area contributed by atoms with Crippen LogP contribution in [-0.4, -0.2) is 54.2 Å². The maximum absolute atomic E-state index is 13.1. The highest BCUT2D eigenvalue weighted by molar-refractivity contribution is 7.89. The summed E-state index contributed by atoms with van der Waals surface area (Å²) in [5.41, 5.74) is 3.06. The first-order valence-electron chi connectivity index (χ1n) is 10.5. The van der Waals surface area contributed by atoms with Gasteiger partial charge in [0.15, 0.2) is 5.78 Å². The molecule has 9 nitrogen and oxygen atoms in total. The molecule has 2 aromatic carbocycles. The van der Waals surface area contributed by atoms with Crippen molar-refractivity contribution in [2.75, 3.05) is 19.1 Å². The molecule has 34 heavy (non-hydrogen) atoms. The molecule has 4 rings (SSSR count). The van der Waals surface area contributed by atoms with E-state index in [4.69, 9.17) is 0 Å². The molecule has 0 saturated heterocycles. The Morgan fingerprint density at radius 3 is 2.47 bits per heavy atom. The molecule has 1 aliphatic rings. The molecule has 0 aliphatic carbocycles. The van der Waals surface area contributed by atoms with Crippen molar-refractivity contribution < 1.29 is 18.0 Å². The van der Waals surface area contributed by atoms with Gasteiger partial charge in [0.25, 0.3) is 5.91 Å². The number of hydrazone groups is 1. The summed E-state index contributed by atoms with van der Waals surface area (Å²) in [4.78, 5) is 34.6. The Kier molecular flexibility index (Phi) is 6.36. The third-order valence-corrected chi connectivity index (χ3v) is 7.31. The fraction of sp³-hybridized carbons (Fsp3) is 0.208. The van der Waals surface area contributed by atoms with Crippen LogP contribution in [0.2, 0.25) is 0 Å². The Hall–Kier alpha value is -3.76. The number of nitrogens with zero attached hydrogens (tertiary/aromatic N) is 5. The van der Waals surface area contributed by atoms with Crippen LogP contribution in [0, 0.1) is 5.92 Å². The quantitative estimate of drug-likeness (QED) is 0.483. The van der Waals surface area contributed by atoms with E-state index in [2.05, 4.69) is 15.1 Å². The number of Topliss-reactive ketones (excluding diaryl/α,β-unsaturated/α-hetero) is 1. The summed E-state index contributed by atoms with van der Waals surface area (Å²) >= 11 is 0. The van der Waals surface area contributed by atoms with Gasteiger partial charge in [-0.2, -0.15) is 10.1 Å². The fourth-order valence-corrected chi connectivity index (χ4v) is 4.59. The molecule has 0 saturated carbocycles. The SMILES string of the molecule is CC1=NN(c2ccc(S(=O)(=O)N(C)C)cc2)C(=O)C1C(=O)Cc1cccc(-c2cnccn2)c1. The summed E-state index contributed by atoms with van der Waals surface area (Å²) in [6.45, 7) is 1.64. The monoisotopic (exact) mass is 477 g/mol. The Labute approximate surface area is 197 Å². The molecule has 1 atom stereocenters. The van der Waals surface area contributed by atoms with Crippen molar-refractivity contribution >= 4 is 33.1 Å². The average molecular weight is 478 g/mol. The molecule has 10 heteroatoms. The zero-order valence-electron chi connectivity index (χ0n) is 18.9. The van der Waals surface area contributed by atoms with Crippen LogP contribution in [0.3, 0.4) is 0 Å². The Balaban J connectivity index is 1.51. The Morgan fingerprint density at radius 2 is 1.82 bits per heavy atom. The zero-order valence-corrected chi connectivity index (χ0v) is 19.7. The summed E-state index contributed by atoms with van der Waals surface area (Å²) in [6, 6.07) is 13.2. The van der Waals surface area contributed by atoms with Gasteiger partial charge in [-0.25, -0.2) is 12.7 Å². The van der Waals surface area contributed by atoms with Gasteiger partial charge in [-0.3, -0.25) is 19.6 Å². The van der Waals surface area contributed by atoms with E-state index in [0.29, 0.717) is 17.1 Å². The third kappa shape index (κ3) is 4.50. The van der Waals surface area contributed by atoms with Crippen molar-refractivity contribution in [2.24, 2.45) is 11.0 Å². The maximum Gasteiger partial charge on any atom is 0.263 e. The second-order valence-electron chi connectivity index (χ2n) is 8.04. The normalized spacial score (nSPS) is 16.1. The number of sulfonamides is 1. The topological polar surface area (TPSA) is 113 Å². The highest BCUT2D eigenvalue weighted by Crippen LogP contribution is 2.27. The van der Waals surface area contributed by atoms with Crippen molar-refractivity contribution in [3.05, 3.63) is 72.7 Å². The maximum atomic E-state index is 13.1. The number of anilines is 1. The molecule has 1 amide bonds. The van der Waals surface area contributed by atoms with E-state index in [-0.39, 0.29) is 17.1 Å². The minimum atomic E-state index is -3.59. The lowest BCUT2D eigenvalue weighted by Crippen LogP contribution is -2.33. The molecule has 3 aromatic rings. The van der Waals surface area contributed by atoms with Crippen LogP contribution in [-0.2, 0) is 26.0 Å². The molecular weight excluding hydrogens is 454 g/mol. The molecule has 0 N–H and O–H groups in total. The van der Waals surface area contributed by atoms with Gasteiger partial charge < -0.3 is 0 Å². The van der Waals surface area contributed by atoms with Crippen LogP contribution in [0.15, 0.2) is 77.1 Å². The van der Waals surface area contributed by atoms with E-state index in [9.17, 15) is 18.0 Å². The van der Waals surface area contributed by atoms with Crippen LogP contribution >= 0.6 is 0 Å². The molecule has 0 spiro atoms. The minimum Gasteiger partial charge on any atom is -0.298 e. The standard InChI is InChI=1S/C24H23N5O4S/c1-16-23(22(30)14-17-5-4-6-18(13-17)21-15-25-11-12-26-21)24(31)29(27-16)19-7-9-20(10-8-19)34(32,33)28(2)3/h4-13,15,23H,14H2,1-3H3. The zero-order chi connectivity index (χ0) is 24.5. The van der Waals surface area contributed by atoms with Crippen LogP contribution in [0.25, 0.3) is 11.3 Å². The largest absolute Gasteiger partial charge is 0.298 e. The number of rotatable bonds is 7. The first kappa shape index (κ1) is 23.4. The summed E-state index contributed by atoms with van der Waals surface area (Å²) in [7, 11) is -0.703. The smallest absolute Gasteiger partial charge is 0.263 e. The molecule has 1 aliphatic heterocycles. The van der Waals surface area contributed by atoms with Crippen LogP contribution in [0.5, 0.6) is 0 Å². The molecule has 1 aromatic heterocycles. The van der Waals surface area contributed by atoms with Gasteiger partial charge in [0.05, 0.1) is 28.2 Å². The number of carbonyl (C=O) groups is 2. The van der Waals surface area contributed by atoms with Gasteiger partial charge >= 0.3 is 0 Å². The van der Waals surface area contributed by atoms with Crippen LogP contribution in [0.1, 0.15) is 12.5 Å². The van der Waals surface area contributed by atoms with Gasteiger partial charge in [-0.15, -0.1) is 0 Å². The van der Waals surface area contributed by atoms with E-state index in [0.717, 1.165) is 20.4 Å². The second kappa shape index (κ2) is 9.24. The summed E-state index contributed by atoms with van der Waals surface area (Å²) < 4.78 is 25.7. The molecule has 0 fully saturated rings. The Bertz CT molecular complexity index is 1370. The molecule has 2 heterocycles. The highest BCUT2D eigenvalue weighted by Gasteiger charge is 2.39. The fourth-order valence-electron chi connectivity index (χ4n) is 3.68. The van der Waals surface area contributed by atoms with Crippen molar-refractivity contribution in [1.29, 1.82) is 0 Å². The van der Waals surface area contributed by atoms with Gasteiger partial charge in [0.2, 0.25) is 10.0 Å². The van der Waals surface area contributed by atoms with Gasteiger partial charge in [0, 0.05) is 38.5 Å². The van der Waals surface area contributed by atoms with Crippen LogP contribution < -0.4 is 5.01 Å². The predicted octanol–water partition coefficient (Wildman–Crippen LogP) is 2.54. The molecular formula is C24H23N5O4S. The minimum absolute atomic E-state index is 0.0607. The first-order chi connectivity index (χ1) is 16.2. The van der Waals surface area contributed by atoms with Gasteiger partial charge in [-0.1, -0.05) is 18.2 Å². The molecule has 0 radical (unpaired) electrons. The lowest BCUT2D eigenvalue weighted by atomic mass is 9.93. The summed E-state index contributed by atoms with van der Waals surface area (Å²) in [5.74, 6) is -1.72. The third-order valence-electron chi connectivity index (χ3n) is 5.48. The van der Waals surface area contributed by atoms with Crippen molar-refractivity contribution in [1.82, 2.24) is 14.3 Å². The highest BCUT2D eigenvalue weighted by atomic mass is 32.2. The molecule has 1 unspecified atom stereocenters. The predicted molar refractivity (Wildman–Crippen MR) is 128 cm³/mol. The Morgan fingerprint density at radius 1 is 1.09 bits per heavy atom. The van der Waals surface area contributed by atoms with E-state index in [1.54, 1.807) is 25.5 Å². The number of aromatic nitrogens is 2. The lowest BCUT2D eigenvalue weighted by molar-refractivity contribution is -0.128. The number of hydrogen-bond acceptors (Lipinski definition) is 7. The van der Waals surface area contributed by atoms with Crippen molar-refractivity contribution in [3.63, 3.8) is 0 Å². The van der Waals surface area contributed by atoms with E-state index >= 15 is 0 Å². The number of hydrogen-bond donors (Lipinski definition) is 0. The molecule has 174 valence electrons. The van der Waals surface area contributed by atoms with E-state index < -0.39 is 21.8 Å². The average Bonchev–Trinajstić information content (AvgIpc) is 3.13. The number of ketones is 1. The molecule has 0 bridgehead atoms. The van der Waals surface area contributed by atoms with Crippen molar-refractivity contribution in [3.8, 4) is 11.3 Å². The van der Waals surface area contributed by atoms with Crippen molar-refractivity contribution in [2.45, 2.75) is 18.2 Å². The van der Waals surface area contributed by atoms with Crippen LogP contribution in [0.4, 0.5) is 5.69 Å².